The first-order valence-electron chi connectivity index (χ1n) is 13.0. The molecule has 2 atom stereocenters. The van der Waals surface area contributed by atoms with E-state index in [4.69, 9.17) is 19.0 Å². The van der Waals surface area contributed by atoms with Gasteiger partial charge in [-0.05, 0) is 81.3 Å². The quantitative estimate of drug-likeness (QED) is 0.441. The van der Waals surface area contributed by atoms with Crippen molar-refractivity contribution < 1.29 is 18.8 Å². The number of rotatable bonds is 6. The van der Waals surface area contributed by atoms with Crippen LogP contribution in [0.2, 0.25) is 0 Å². The van der Waals surface area contributed by atoms with E-state index in [0.717, 1.165) is 37.8 Å². The number of esters is 1. The average Bonchev–Trinajstić information content (AvgIpc) is 3.59. The van der Waals surface area contributed by atoms with Crippen molar-refractivity contribution in [3.8, 4) is 34.7 Å². The van der Waals surface area contributed by atoms with E-state index < -0.39 is 0 Å². The van der Waals surface area contributed by atoms with Gasteiger partial charge in [0.2, 0.25) is 5.82 Å². The second kappa shape index (κ2) is 9.31. The fraction of sp³-hybridized carbons (Fsp3) is 0.448. The topological polar surface area (TPSA) is 101 Å². The zero-order chi connectivity index (χ0) is 25.7. The molecule has 0 spiro atoms. The van der Waals surface area contributed by atoms with Crippen LogP contribution in [-0.4, -0.2) is 46.8 Å². The lowest BCUT2D eigenvalue weighted by atomic mass is 9.78. The number of benzene rings is 2. The number of nitrogens with zero attached hydrogens (tertiary/aromatic N) is 4. The minimum Gasteiger partial charge on any atom is -0.490 e. The minimum absolute atomic E-state index is 0.0258. The smallest absolute Gasteiger partial charge is 0.308 e. The largest absolute Gasteiger partial charge is 0.490 e. The normalized spacial score (nSPS) is 24.3. The molecule has 2 heterocycles. The third-order valence-corrected chi connectivity index (χ3v) is 8.05. The van der Waals surface area contributed by atoms with Crippen molar-refractivity contribution in [1.29, 1.82) is 5.26 Å². The van der Waals surface area contributed by atoms with Gasteiger partial charge in [-0.15, -0.1) is 0 Å². The van der Waals surface area contributed by atoms with Gasteiger partial charge in [-0.25, -0.2) is 0 Å². The SMILES string of the molecule is COC(=O)C1CC(N2CC[C@H]3Cc4c(-c5noc(-c6ccc(OC(C)C)c(C#N)c6)n5)cccc4C32)C1. The summed E-state index contributed by atoms with van der Waals surface area (Å²) in [6, 6.07) is 14.7. The first kappa shape index (κ1) is 23.7. The highest BCUT2D eigenvalue weighted by molar-refractivity contribution is 5.73. The molecule has 1 aliphatic heterocycles. The van der Waals surface area contributed by atoms with E-state index >= 15 is 0 Å². The van der Waals surface area contributed by atoms with Crippen molar-refractivity contribution in [3.63, 3.8) is 0 Å². The predicted molar refractivity (Wildman–Crippen MR) is 135 cm³/mol. The monoisotopic (exact) mass is 498 g/mol. The van der Waals surface area contributed by atoms with E-state index in [9.17, 15) is 10.1 Å². The van der Waals surface area contributed by atoms with Crippen molar-refractivity contribution in [2.45, 2.75) is 57.7 Å². The molecule has 8 nitrogen and oxygen atoms in total. The standard InChI is InChI=1S/C29H30N4O4/c1-16(2)36-25-8-7-18(11-20(25)15-30)28-31-27(32-37-28)23-6-4-5-22-24(23)14-17-9-10-33(26(17)22)21-12-19(13-21)29(34)35-3/h4-8,11,16-17,19,21,26H,9-10,12-14H2,1-3H3/t17-,19?,21?,26?/m0/s1. The van der Waals surface area contributed by atoms with Gasteiger partial charge < -0.3 is 14.0 Å². The van der Waals surface area contributed by atoms with E-state index in [1.807, 2.05) is 19.9 Å². The van der Waals surface area contributed by atoms with E-state index in [1.165, 1.54) is 18.2 Å². The Morgan fingerprint density at radius 2 is 2.08 bits per heavy atom. The third-order valence-electron chi connectivity index (χ3n) is 8.05. The van der Waals surface area contributed by atoms with Gasteiger partial charge in [-0.3, -0.25) is 9.69 Å². The Morgan fingerprint density at radius 1 is 1.24 bits per heavy atom. The van der Waals surface area contributed by atoms with E-state index in [2.05, 4.69) is 34.3 Å². The van der Waals surface area contributed by atoms with Crippen molar-refractivity contribution in [2.75, 3.05) is 13.7 Å². The van der Waals surface area contributed by atoms with Gasteiger partial charge in [0.1, 0.15) is 11.8 Å². The molecule has 37 heavy (non-hydrogen) atoms. The average molecular weight is 499 g/mol. The number of methoxy groups -OCH3 is 1. The number of hydrogen-bond acceptors (Lipinski definition) is 8. The maximum atomic E-state index is 11.9. The fourth-order valence-electron chi connectivity index (χ4n) is 6.29. The van der Waals surface area contributed by atoms with Gasteiger partial charge in [0, 0.05) is 23.2 Å². The Morgan fingerprint density at radius 3 is 2.84 bits per heavy atom. The summed E-state index contributed by atoms with van der Waals surface area (Å²) in [7, 11) is 1.47. The number of hydrogen-bond donors (Lipinski definition) is 0. The fourth-order valence-corrected chi connectivity index (χ4v) is 6.29. The van der Waals surface area contributed by atoms with Gasteiger partial charge in [0.25, 0.3) is 5.89 Å². The molecule has 0 radical (unpaired) electrons. The number of carbonyl (C=O) groups is 1. The molecule has 0 bridgehead atoms. The number of ether oxygens (including phenoxy) is 2. The molecule has 0 amide bonds. The summed E-state index contributed by atoms with van der Waals surface area (Å²) in [6.07, 6.45) is 3.87. The lowest BCUT2D eigenvalue weighted by molar-refractivity contribution is -0.151. The van der Waals surface area contributed by atoms with Crippen molar-refractivity contribution in [2.24, 2.45) is 11.8 Å². The highest BCUT2D eigenvalue weighted by Crippen LogP contribution is 2.52. The van der Waals surface area contributed by atoms with Crippen LogP contribution < -0.4 is 4.74 Å². The van der Waals surface area contributed by atoms with Crippen LogP contribution in [0.1, 0.15) is 55.8 Å². The van der Waals surface area contributed by atoms with Gasteiger partial charge in [-0.2, -0.15) is 10.2 Å². The second-order valence-corrected chi connectivity index (χ2v) is 10.6. The summed E-state index contributed by atoms with van der Waals surface area (Å²) in [6.45, 7) is 4.92. The van der Waals surface area contributed by atoms with E-state index in [0.29, 0.717) is 46.6 Å². The van der Waals surface area contributed by atoms with Gasteiger partial charge in [-0.1, -0.05) is 23.4 Å². The summed E-state index contributed by atoms with van der Waals surface area (Å²) in [5, 5.41) is 13.9. The number of nitriles is 1. The molecule has 3 aliphatic rings. The highest BCUT2D eigenvalue weighted by atomic mass is 16.5. The molecule has 1 saturated heterocycles. The molecule has 190 valence electrons. The number of carbonyl (C=O) groups excluding carboxylic acids is 1. The first-order valence-corrected chi connectivity index (χ1v) is 13.0. The Kier molecular flexibility index (Phi) is 5.96. The molecule has 2 aromatic carbocycles. The molecule has 2 fully saturated rings. The summed E-state index contributed by atoms with van der Waals surface area (Å²) < 4.78 is 16.3. The second-order valence-electron chi connectivity index (χ2n) is 10.6. The van der Waals surface area contributed by atoms with Crippen LogP contribution in [0.5, 0.6) is 5.75 Å². The molecule has 6 rings (SSSR count). The maximum Gasteiger partial charge on any atom is 0.308 e. The van der Waals surface area contributed by atoms with Crippen LogP contribution in [0.3, 0.4) is 0 Å². The van der Waals surface area contributed by atoms with Gasteiger partial charge >= 0.3 is 5.97 Å². The Labute approximate surface area is 216 Å². The minimum atomic E-state index is -0.0852. The number of fused-ring (bicyclic) bond motifs is 3. The zero-order valence-electron chi connectivity index (χ0n) is 21.3. The van der Waals surface area contributed by atoms with Crippen LogP contribution in [-0.2, 0) is 16.0 Å². The molecule has 2 aliphatic carbocycles. The highest BCUT2D eigenvalue weighted by Gasteiger charge is 2.48. The van der Waals surface area contributed by atoms with E-state index in [1.54, 1.807) is 12.1 Å². The molecular weight excluding hydrogens is 468 g/mol. The Bertz CT molecular complexity index is 1380. The van der Waals surface area contributed by atoms with Crippen LogP contribution in [0.25, 0.3) is 22.8 Å². The van der Waals surface area contributed by atoms with Gasteiger partial charge in [0.05, 0.1) is 24.7 Å². The molecule has 3 aromatic rings. The van der Waals surface area contributed by atoms with E-state index in [-0.39, 0.29) is 18.0 Å². The molecular formula is C29H30N4O4. The Hall–Kier alpha value is -3.70. The van der Waals surface area contributed by atoms with Crippen LogP contribution in [0, 0.1) is 23.2 Å². The molecule has 8 heteroatoms. The number of aromatic nitrogens is 2. The van der Waals surface area contributed by atoms with Crippen molar-refractivity contribution in [3.05, 3.63) is 53.1 Å². The maximum absolute atomic E-state index is 11.9. The summed E-state index contributed by atoms with van der Waals surface area (Å²) >= 11 is 0. The Balaban J connectivity index is 1.25. The predicted octanol–water partition coefficient (Wildman–Crippen LogP) is 4.93. The third kappa shape index (κ3) is 4.08. The summed E-state index contributed by atoms with van der Waals surface area (Å²) in [5.74, 6) is 2.00. The zero-order valence-corrected chi connectivity index (χ0v) is 21.3. The van der Waals surface area contributed by atoms with Crippen molar-refractivity contribution in [1.82, 2.24) is 15.0 Å². The molecule has 1 aromatic heterocycles. The lowest BCUT2D eigenvalue weighted by Gasteiger charge is -2.42. The lowest BCUT2D eigenvalue weighted by Crippen LogP contribution is -2.47. The summed E-state index contributed by atoms with van der Waals surface area (Å²) in [5.41, 5.74) is 4.76. The number of likely N-dealkylation sites (tertiary alicyclic amines) is 1. The first-order chi connectivity index (χ1) is 18.0. The molecule has 1 saturated carbocycles. The van der Waals surface area contributed by atoms with Crippen LogP contribution >= 0.6 is 0 Å². The molecule has 0 N–H and O–H groups in total. The van der Waals surface area contributed by atoms with Gasteiger partial charge in [0.15, 0.2) is 0 Å². The van der Waals surface area contributed by atoms with Crippen molar-refractivity contribution >= 4 is 5.97 Å². The summed E-state index contributed by atoms with van der Waals surface area (Å²) in [4.78, 5) is 19.2. The molecule has 1 unspecified atom stereocenters. The van der Waals surface area contributed by atoms with Crippen LogP contribution in [0.15, 0.2) is 40.9 Å². The van der Waals surface area contributed by atoms with Crippen LogP contribution in [0.4, 0.5) is 0 Å².